The number of pyridine rings is 1. The lowest BCUT2D eigenvalue weighted by molar-refractivity contribution is 0.0300. The van der Waals surface area contributed by atoms with Crippen LogP contribution in [0.25, 0.3) is 11.2 Å². The number of nitrogens with one attached hydrogen (secondary N) is 1. The Bertz CT molecular complexity index is 937. The highest BCUT2D eigenvalue weighted by molar-refractivity contribution is 6.31. The number of fused-ring (bicyclic) bond motifs is 1. The molecule has 26 heavy (non-hydrogen) atoms. The highest BCUT2D eigenvalue weighted by atomic mass is 35.5. The summed E-state index contributed by atoms with van der Waals surface area (Å²) >= 11 is 6.02. The average molecular weight is 380 g/mol. The molecule has 0 bridgehead atoms. The van der Waals surface area contributed by atoms with E-state index in [1.54, 1.807) is 6.92 Å². The van der Waals surface area contributed by atoms with E-state index in [4.69, 9.17) is 11.6 Å². The smallest absolute Gasteiger partial charge is 0.290 e. The van der Waals surface area contributed by atoms with Crippen molar-refractivity contribution in [2.75, 3.05) is 6.54 Å². The number of nitrogens with zero attached hydrogens (tertiary/aromatic N) is 4. The zero-order chi connectivity index (χ0) is 19.0. The molecule has 0 saturated heterocycles. The van der Waals surface area contributed by atoms with Crippen molar-refractivity contribution in [2.45, 2.75) is 25.8 Å². The van der Waals surface area contributed by atoms with E-state index < -0.39 is 18.4 Å². The second kappa shape index (κ2) is 6.95. The van der Waals surface area contributed by atoms with Gasteiger partial charge in [-0.3, -0.25) is 9.79 Å². The zero-order valence-corrected chi connectivity index (χ0v) is 14.7. The molecule has 3 rings (SSSR count). The van der Waals surface area contributed by atoms with Gasteiger partial charge in [-0.15, -0.1) is 0 Å². The van der Waals surface area contributed by atoms with Crippen molar-refractivity contribution < 1.29 is 13.6 Å². The van der Waals surface area contributed by atoms with E-state index in [0.29, 0.717) is 33.9 Å². The number of carbonyl (C=O) groups is 1. The number of hydrogen-bond acceptors (Lipinski definition) is 4. The van der Waals surface area contributed by atoms with Gasteiger partial charge in [0.05, 0.1) is 10.5 Å². The summed E-state index contributed by atoms with van der Waals surface area (Å²) in [5.41, 5.74) is 2.09. The Morgan fingerprint density at radius 3 is 2.92 bits per heavy atom. The third kappa shape index (κ3) is 2.90. The van der Waals surface area contributed by atoms with Crippen LogP contribution in [0.5, 0.6) is 0 Å². The fraction of sp³-hybridized carbons (Fsp3) is 0.294. The van der Waals surface area contributed by atoms with Gasteiger partial charge in [0.25, 0.3) is 12.3 Å². The fourth-order valence-corrected chi connectivity index (χ4v) is 3.19. The molecule has 0 radical (unpaired) electrons. The lowest BCUT2D eigenvalue weighted by Gasteiger charge is -2.36. The molecule has 0 fully saturated rings. The molecule has 3 heterocycles. The number of carbonyl (C=O) groups excluding carboxylic acids is 1. The van der Waals surface area contributed by atoms with Gasteiger partial charge in [-0.05, 0) is 19.2 Å². The van der Waals surface area contributed by atoms with Crippen molar-refractivity contribution in [1.82, 2.24) is 19.9 Å². The van der Waals surface area contributed by atoms with Gasteiger partial charge in [-0.1, -0.05) is 24.3 Å². The van der Waals surface area contributed by atoms with Crippen molar-refractivity contribution in [3.05, 3.63) is 46.5 Å². The van der Waals surface area contributed by atoms with Crippen LogP contribution in [0.2, 0.25) is 5.02 Å². The number of aliphatic imine (C=N–C) groups is 1. The van der Waals surface area contributed by atoms with Crippen molar-refractivity contribution in [2.24, 2.45) is 4.99 Å². The molecule has 0 aromatic carbocycles. The van der Waals surface area contributed by atoms with Crippen molar-refractivity contribution in [3.63, 3.8) is 0 Å². The summed E-state index contributed by atoms with van der Waals surface area (Å²) in [6, 6.07) is -1.46. The maximum atomic E-state index is 13.7. The number of aromatic amines is 1. The minimum absolute atomic E-state index is 0.0676. The SMILES string of the molecule is C=CC1=C(N=C)CCN(C(=O)c2nc3ncc(Cl)c(C)c3[nH]2)C1C(F)F. The quantitative estimate of drug-likeness (QED) is 0.826. The van der Waals surface area contributed by atoms with Crippen LogP contribution >= 0.6 is 11.6 Å². The summed E-state index contributed by atoms with van der Waals surface area (Å²) in [6.45, 7) is 8.81. The summed E-state index contributed by atoms with van der Waals surface area (Å²) in [6.07, 6.45) is 0.230. The third-order valence-electron chi connectivity index (χ3n) is 4.41. The molecule has 6 nitrogen and oxygen atoms in total. The first-order valence-corrected chi connectivity index (χ1v) is 8.19. The molecule has 9 heteroatoms. The molecular formula is C17H16ClF2N5O. The molecule has 0 saturated carbocycles. The van der Waals surface area contributed by atoms with Gasteiger partial charge in [0.1, 0.15) is 6.04 Å². The number of aryl methyl sites for hydroxylation is 1. The first-order valence-electron chi connectivity index (χ1n) is 7.81. The second-order valence-corrected chi connectivity index (χ2v) is 6.21. The molecule has 2 aromatic heterocycles. The van der Waals surface area contributed by atoms with E-state index in [1.807, 2.05) is 0 Å². The van der Waals surface area contributed by atoms with Crippen LogP contribution in [0.15, 0.2) is 35.1 Å². The summed E-state index contributed by atoms with van der Waals surface area (Å²) < 4.78 is 27.4. The van der Waals surface area contributed by atoms with E-state index in [-0.39, 0.29) is 17.9 Å². The van der Waals surface area contributed by atoms with E-state index in [0.717, 1.165) is 4.90 Å². The van der Waals surface area contributed by atoms with Gasteiger partial charge < -0.3 is 9.88 Å². The Morgan fingerprint density at radius 2 is 2.31 bits per heavy atom. The number of alkyl halides is 2. The average Bonchev–Trinajstić information content (AvgIpc) is 3.07. The number of H-pyrrole nitrogens is 1. The van der Waals surface area contributed by atoms with Crippen LogP contribution in [0, 0.1) is 6.92 Å². The molecule has 1 aliphatic rings. The van der Waals surface area contributed by atoms with Crippen LogP contribution in [0.1, 0.15) is 22.6 Å². The van der Waals surface area contributed by atoms with Crippen molar-refractivity contribution in [3.8, 4) is 0 Å². The molecule has 1 N–H and O–H groups in total. The minimum atomic E-state index is -2.80. The van der Waals surface area contributed by atoms with Crippen LogP contribution in [0.3, 0.4) is 0 Å². The maximum absolute atomic E-state index is 13.7. The van der Waals surface area contributed by atoms with E-state index in [1.165, 1.54) is 12.3 Å². The fourth-order valence-electron chi connectivity index (χ4n) is 3.05. The van der Waals surface area contributed by atoms with Gasteiger partial charge in [0.2, 0.25) is 0 Å². The van der Waals surface area contributed by atoms with Gasteiger partial charge in [0, 0.05) is 30.4 Å². The Morgan fingerprint density at radius 1 is 1.58 bits per heavy atom. The third-order valence-corrected chi connectivity index (χ3v) is 4.79. The van der Waals surface area contributed by atoms with Gasteiger partial charge in [-0.2, -0.15) is 0 Å². The predicted molar refractivity (Wildman–Crippen MR) is 95.9 cm³/mol. The molecule has 136 valence electrons. The first kappa shape index (κ1) is 18.2. The maximum Gasteiger partial charge on any atom is 0.290 e. The molecule has 1 unspecified atom stereocenters. The molecule has 0 spiro atoms. The first-order chi connectivity index (χ1) is 12.4. The number of aromatic nitrogens is 3. The molecule has 0 aliphatic carbocycles. The number of halogens is 3. The Labute approximate surface area is 153 Å². The number of amides is 1. The topological polar surface area (TPSA) is 74.2 Å². The van der Waals surface area contributed by atoms with E-state index >= 15 is 0 Å². The number of rotatable bonds is 4. The molecule has 1 amide bonds. The molecule has 1 aliphatic heterocycles. The summed E-state index contributed by atoms with van der Waals surface area (Å²) in [5.74, 6) is -0.715. The van der Waals surface area contributed by atoms with Gasteiger partial charge in [0.15, 0.2) is 11.5 Å². The van der Waals surface area contributed by atoms with Crippen molar-refractivity contribution >= 4 is 35.4 Å². The lowest BCUT2D eigenvalue weighted by Crippen LogP contribution is -2.48. The summed E-state index contributed by atoms with van der Waals surface area (Å²) in [7, 11) is 0. The van der Waals surface area contributed by atoms with Crippen LogP contribution < -0.4 is 0 Å². The molecule has 2 aromatic rings. The largest absolute Gasteiger partial charge is 0.332 e. The minimum Gasteiger partial charge on any atom is -0.332 e. The number of imidazole rings is 1. The standard InChI is InChI=1S/C17H16ClF2N5O/c1-4-9-11(21-3)5-6-25(13(9)14(19)20)17(26)16-23-12-8(2)10(18)7-22-15(12)24-16/h4,7,13-14H,1,3,5-6H2,2H3,(H,22,23,24). The van der Waals surface area contributed by atoms with Gasteiger partial charge >= 0.3 is 0 Å². The predicted octanol–water partition coefficient (Wildman–Crippen LogP) is 3.54. The van der Waals surface area contributed by atoms with Crippen molar-refractivity contribution in [1.29, 1.82) is 0 Å². The second-order valence-electron chi connectivity index (χ2n) is 5.81. The van der Waals surface area contributed by atoms with Crippen LogP contribution in [0.4, 0.5) is 8.78 Å². The van der Waals surface area contributed by atoms with Crippen LogP contribution in [-0.4, -0.2) is 51.5 Å². The zero-order valence-electron chi connectivity index (χ0n) is 14.0. The number of hydrogen-bond donors (Lipinski definition) is 1. The molecule has 1 atom stereocenters. The van der Waals surface area contributed by atoms with E-state index in [9.17, 15) is 13.6 Å². The van der Waals surface area contributed by atoms with Gasteiger partial charge in [-0.25, -0.2) is 18.7 Å². The lowest BCUT2D eigenvalue weighted by atomic mass is 9.97. The molecular weight excluding hydrogens is 364 g/mol. The summed E-state index contributed by atoms with van der Waals surface area (Å²) in [5, 5.41) is 0.419. The highest BCUT2D eigenvalue weighted by Gasteiger charge is 2.39. The summed E-state index contributed by atoms with van der Waals surface area (Å²) in [4.78, 5) is 28.8. The van der Waals surface area contributed by atoms with Crippen LogP contribution in [-0.2, 0) is 0 Å². The Kier molecular flexibility index (Phi) is 4.86. The van der Waals surface area contributed by atoms with E-state index in [2.05, 4.69) is 33.2 Å². The monoisotopic (exact) mass is 379 g/mol. The Hall–Kier alpha value is -2.61. The highest BCUT2D eigenvalue weighted by Crippen LogP contribution is 2.31. The Balaban J connectivity index is 2.04. The normalized spacial score (nSPS) is 17.9.